The van der Waals surface area contributed by atoms with Crippen molar-refractivity contribution in [3.63, 3.8) is 0 Å². The van der Waals surface area contributed by atoms with E-state index in [-0.39, 0.29) is 0 Å². The summed E-state index contributed by atoms with van der Waals surface area (Å²) >= 11 is 2.02. The molecule has 1 fully saturated rings. The van der Waals surface area contributed by atoms with Gasteiger partial charge < -0.3 is 9.84 Å². The van der Waals surface area contributed by atoms with Crippen LogP contribution in [-0.4, -0.2) is 22.7 Å². The molecule has 1 atom stereocenters. The zero-order chi connectivity index (χ0) is 10.7. The van der Waals surface area contributed by atoms with Crippen LogP contribution in [0.3, 0.4) is 0 Å². The van der Waals surface area contributed by atoms with Crippen LogP contribution in [0.4, 0.5) is 0 Å². The average molecular weight is 226 g/mol. The van der Waals surface area contributed by atoms with Crippen molar-refractivity contribution in [2.24, 2.45) is 0 Å². The molecule has 1 aromatic rings. The molecule has 4 heteroatoms. The minimum atomic E-state index is 0.424. The Morgan fingerprint density at radius 2 is 2.53 bits per heavy atom. The highest BCUT2D eigenvalue weighted by molar-refractivity contribution is 7.99. The van der Waals surface area contributed by atoms with Crippen molar-refractivity contribution in [3.05, 3.63) is 17.5 Å². The summed E-state index contributed by atoms with van der Waals surface area (Å²) in [6, 6.07) is 2.72. The van der Waals surface area contributed by atoms with Crippen LogP contribution in [0.5, 0.6) is 0 Å². The Balaban J connectivity index is 1.82. The summed E-state index contributed by atoms with van der Waals surface area (Å²) < 4.78 is 5.25. The summed E-state index contributed by atoms with van der Waals surface area (Å²) in [5, 5.41) is 7.56. The molecule has 1 aliphatic rings. The van der Waals surface area contributed by atoms with Crippen molar-refractivity contribution in [2.75, 3.05) is 11.5 Å². The Bertz CT molecular complexity index is 305. The molecule has 0 aromatic carbocycles. The van der Waals surface area contributed by atoms with Gasteiger partial charge in [0.05, 0.1) is 5.69 Å². The molecular formula is C11H18N2OS. The first-order valence-corrected chi connectivity index (χ1v) is 6.68. The lowest BCUT2D eigenvalue weighted by Crippen LogP contribution is -2.28. The van der Waals surface area contributed by atoms with E-state index in [9.17, 15) is 0 Å². The van der Waals surface area contributed by atoms with Gasteiger partial charge in [-0.1, -0.05) is 19.0 Å². The third-order valence-electron chi connectivity index (χ3n) is 2.65. The summed E-state index contributed by atoms with van der Waals surface area (Å²) in [5.41, 5.74) is 1.02. The molecule has 1 aliphatic heterocycles. The molecule has 1 unspecified atom stereocenters. The van der Waals surface area contributed by atoms with E-state index in [0.717, 1.165) is 18.0 Å². The second-order valence-electron chi connectivity index (χ2n) is 4.32. The Morgan fingerprint density at radius 3 is 3.13 bits per heavy atom. The number of hydrogen-bond donors (Lipinski definition) is 1. The lowest BCUT2D eigenvalue weighted by molar-refractivity contribution is 0.363. The fourth-order valence-corrected chi connectivity index (χ4v) is 2.81. The van der Waals surface area contributed by atoms with Crippen molar-refractivity contribution >= 4 is 11.8 Å². The highest BCUT2D eigenvalue weighted by Crippen LogP contribution is 2.18. The molecule has 1 N–H and O–H groups in total. The molecule has 2 rings (SSSR count). The second-order valence-corrected chi connectivity index (χ2v) is 5.47. The molecule has 1 saturated heterocycles. The third kappa shape index (κ3) is 2.98. The molecule has 2 heterocycles. The fourth-order valence-electron chi connectivity index (χ4n) is 1.63. The van der Waals surface area contributed by atoms with E-state index in [0.29, 0.717) is 12.0 Å². The first kappa shape index (κ1) is 11.0. The van der Waals surface area contributed by atoms with Crippen molar-refractivity contribution < 1.29 is 4.52 Å². The van der Waals surface area contributed by atoms with E-state index < -0.39 is 0 Å². The van der Waals surface area contributed by atoms with Crippen molar-refractivity contribution in [3.8, 4) is 0 Å². The molecule has 0 aliphatic carbocycles. The average Bonchev–Trinajstić information content (AvgIpc) is 2.86. The monoisotopic (exact) mass is 226 g/mol. The van der Waals surface area contributed by atoms with Gasteiger partial charge in [-0.05, 0) is 12.2 Å². The van der Waals surface area contributed by atoms with Crippen LogP contribution in [0.15, 0.2) is 10.6 Å². The molecule has 0 spiro atoms. The highest BCUT2D eigenvalue weighted by atomic mass is 32.2. The van der Waals surface area contributed by atoms with E-state index >= 15 is 0 Å². The Morgan fingerprint density at radius 1 is 1.67 bits per heavy atom. The molecule has 84 valence electrons. The van der Waals surface area contributed by atoms with Crippen LogP contribution in [0.25, 0.3) is 0 Å². The van der Waals surface area contributed by atoms with Gasteiger partial charge in [0.15, 0.2) is 0 Å². The summed E-state index contributed by atoms with van der Waals surface area (Å²) in [7, 11) is 0. The summed E-state index contributed by atoms with van der Waals surface area (Å²) in [4.78, 5) is 0. The normalized spacial score (nSPS) is 21.4. The first-order chi connectivity index (χ1) is 7.25. The lowest BCUT2D eigenvalue weighted by atomic mass is 10.1. The van der Waals surface area contributed by atoms with Crippen LogP contribution >= 0.6 is 11.8 Å². The van der Waals surface area contributed by atoms with Gasteiger partial charge in [-0.15, -0.1) is 0 Å². The number of aromatic nitrogens is 1. The standard InChI is InChI=1S/C11H18N2OS/c1-8(2)11-5-10(13-14-11)6-12-9-3-4-15-7-9/h5,8-9,12H,3-4,6-7H2,1-2H3. The van der Waals surface area contributed by atoms with Crippen molar-refractivity contribution in [1.29, 1.82) is 0 Å². The smallest absolute Gasteiger partial charge is 0.139 e. The summed E-state index contributed by atoms with van der Waals surface area (Å²) in [6.45, 7) is 5.07. The number of rotatable bonds is 4. The van der Waals surface area contributed by atoms with E-state index in [2.05, 4.69) is 30.4 Å². The minimum absolute atomic E-state index is 0.424. The summed E-state index contributed by atoms with van der Waals surface area (Å²) in [5.74, 6) is 3.92. The minimum Gasteiger partial charge on any atom is -0.361 e. The molecule has 0 radical (unpaired) electrons. The van der Waals surface area contributed by atoms with E-state index in [4.69, 9.17) is 4.52 Å². The Hall–Kier alpha value is -0.480. The second kappa shape index (κ2) is 5.03. The molecule has 0 amide bonds. The van der Waals surface area contributed by atoms with Gasteiger partial charge in [-0.2, -0.15) is 11.8 Å². The first-order valence-electron chi connectivity index (χ1n) is 5.52. The Labute approximate surface area is 95.0 Å². The van der Waals surface area contributed by atoms with Crippen LogP contribution in [0.2, 0.25) is 0 Å². The predicted octanol–water partition coefficient (Wildman–Crippen LogP) is 2.39. The zero-order valence-corrected chi connectivity index (χ0v) is 10.1. The van der Waals surface area contributed by atoms with Gasteiger partial charge in [0.1, 0.15) is 5.76 Å². The number of nitrogens with zero attached hydrogens (tertiary/aromatic N) is 1. The van der Waals surface area contributed by atoms with Gasteiger partial charge in [0.25, 0.3) is 0 Å². The zero-order valence-electron chi connectivity index (χ0n) is 9.32. The van der Waals surface area contributed by atoms with E-state index in [1.807, 2.05) is 11.8 Å². The van der Waals surface area contributed by atoms with E-state index in [1.54, 1.807) is 0 Å². The predicted molar refractivity (Wildman–Crippen MR) is 63.2 cm³/mol. The number of thioether (sulfide) groups is 1. The van der Waals surface area contributed by atoms with Crippen LogP contribution in [-0.2, 0) is 6.54 Å². The fraction of sp³-hybridized carbons (Fsp3) is 0.727. The van der Waals surface area contributed by atoms with Gasteiger partial charge >= 0.3 is 0 Å². The maximum absolute atomic E-state index is 5.25. The molecule has 3 nitrogen and oxygen atoms in total. The molecule has 15 heavy (non-hydrogen) atoms. The van der Waals surface area contributed by atoms with Crippen LogP contribution < -0.4 is 5.32 Å². The van der Waals surface area contributed by atoms with E-state index in [1.165, 1.54) is 17.9 Å². The lowest BCUT2D eigenvalue weighted by Gasteiger charge is -2.08. The van der Waals surface area contributed by atoms with Crippen LogP contribution in [0, 0.1) is 0 Å². The van der Waals surface area contributed by atoms with Gasteiger partial charge in [0.2, 0.25) is 0 Å². The maximum Gasteiger partial charge on any atom is 0.139 e. The van der Waals surface area contributed by atoms with Gasteiger partial charge in [0, 0.05) is 30.3 Å². The third-order valence-corrected chi connectivity index (χ3v) is 3.81. The van der Waals surface area contributed by atoms with Crippen LogP contribution in [0.1, 0.15) is 37.6 Å². The maximum atomic E-state index is 5.25. The Kier molecular flexibility index (Phi) is 3.70. The molecular weight excluding hydrogens is 208 g/mol. The van der Waals surface area contributed by atoms with Crippen molar-refractivity contribution in [2.45, 2.75) is 38.8 Å². The topological polar surface area (TPSA) is 38.1 Å². The number of hydrogen-bond acceptors (Lipinski definition) is 4. The summed E-state index contributed by atoms with van der Waals surface area (Å²) in [6.07, 6.45) is 1.28. The SMILES string of the molecule is CC(C)c1cc(CNC2CCSC2)no1. The molecule has 0 bridgehead atoms. The molecule has 0 saturated carbocycles. The quantitative estimate of drug-likeness (QED) is 0.855. The molecule has 1 aromatic heterocycles. The van der Waals surface area contributed by atoms with Crippen molar-refractivity contribution in [1.82, 2.24) is 10.5 Å². The van der Waals surface area contributed by atoms with Gasteiger partial charge in [-0.3, -0.25) is 0 Å². The number of nitrogens with one attached hydrogen (secondary N) is 1. The largest absolute Gasteiger partial charge is 0.361 e. The highest BCUT2D eigenvalue weighted by Gasteiger charge is 2.15. The van der Waals surface area contributed by atoms with Gasteiger partial charge in [-0.25, -0.2) is 0 Å².